The predicted molar refractivity (Wildman–Crippen MR) is 147 cm³/mol. The molecule has 4 rings (SSSR count). The van der Waals surface area contributed by atoms with E-state index in [4.69, 9.17) is 14.2 Å². The van der Waals surface area contributed by atoms with E-state index in [2.05, 4.69) is 24.9 Å². The number of alkyl halides is 6. The van der Waals surface area contributed by atoms with Crippen LogP contribution in [0.25, 0.3) is 17.1 Å². The van der Waals surface area contributed by atoms with Gasteiger partial charge in [-0.05, 0) is 61.7 Å². The van der Waals surface area contributed by atoms with Crippen LogP contribution >= 0.6 is 11.9 Å². The molecule has 0 aliphatic heterocycles. The SMILES string of the molecule is COc1cccc(OC)c1-n1c(NSC(C)C(OC)c2ncc(C)cn2)nnc1-c1cc(C(F)(F)F)cc(C(F)(F)F)c1. The predicted octanol–water partition coefficient (Wildman–Crippen LogP) is 6.92. The minimum atomic E-state index is -5.07. The number of hydrogen-bond acceptors (Lipinski definition) is 9. The van der Waals surface area contributed by atoms with Crippen molar-refractivity contribution in [2.24, 2.45) is 0 Å². The highest BCUT2D eigenvalue weighted by Gasteiger charge is 2.38. The molecule has 0 saturated heterocycles. The van der Waals surface area contributed by atoms with Gasteiger partial charge >= 0.3 is 12.4 Å². The van der Waals surface area contributed by atoms with Crippen molar-refractivity contribution in [3.05, 3.63) is 71.3 Å². The average molecular weight is 629 g/mol. The lowest BCUT2D eigenvalue weighted by Crippen LogP contribution is -2.19. The third kappa shape index (κ3) is 6.96. The Labute approximate surface area is 246 Å². The third-order valence-electron chi connectivity index (χ3n) is 6.21. The minimum Gasteiger partial charge on any atom is -0.494 e. The van der Waals surface area contributed by atoms with Crippen molar-refractivity contribution in [1.82, 2.24) is 24.7 Å². The lowest BCUT2D eigenvalue weighted by atomic mass is 10.0. The number of methoxy groups -OCH3 is 3. The van der Waals surface area contributed by atoms with Gasteiger partial charge in [0.2, 0.25) is 5.95 Å². The summed E-state index contributed by atoms with van der Waals surface area (Å²) >= 11 is 1.10. The Bertz CT molecular complexity index is 1510. The Hall–Kier alpha value is -4.05. The van der Waals surface area contributed by atoms with Crippen molar-refractivity contribution in [3.8, 4) is 28.6 Å². The van der Waals surface area contributed by atoms with Crippen molar-refractivity contribution >= 4 is 17.9 Å². The Morgan fingerprint density at radius 1 is 0.860 bits per heavy atom. The van der Waals surface area contributed by atoms with Gasteiger partial charge in [-0.25, -0.2) is 9.97 Å². The number of para-hydroxylation sites is 1. The van der Waals surface area contributed by atoms with Crippen molar-refractivity contribution in [1.29, 1.82) is 0 Å². The quantitative estimate of drug-likeness (QED) is 0.148. The van der Waals surface area contributed by atoms with Crippen LogP contribution in [0.1, 0.15) is 35.5 Å². The van der Waals surface area contributed by atoms with Crippen LogP contribution in [-0.4, -0.2) is 51.3 Å². The molecule has 0 aliphatic rings. The molecule has 0 fully saturated rings. The first-order valence-electron chi connectivity index (χ1n) is 12.5. The highest BCUT2D eigenvalue weighted by Crippen LogP contribution is 2.42. The topological polar surface area (TPSA) is 96.2 Å². The molecule has 2 heterocycles. The number of aromatic nitrogens is 5. The number of aryl methyl sites for hydroxylation is 1. The maximum absolute atomic E-state index is 13.7. The Kier molecular flexibility index (Phi) is 9.39. The summed E-state index contributed by atoms with van der Waals surface area (Å²) in [7, 11) is 4.18. The van der Waals surface area contributed by atoms with E-state index in [1.165, 1.54) is 25.9 Å². The largest absolute Gasteiger partial charge is 0.494 e. The molecule has 0 bridgehead atoms. The normalized spacial score (nSPS) is 13.5. The molecule has 230 valence electrons. The molecule has 0 spiro atoms. The van der Waals surface area contributed by atoms with Gasteiger partial charge in [0.25, 0.3) is 0 Å². The summed E-state index contributed by atoms with van der Waals surface area (Å²) < 4.78 is 103. The lowest BCUT2D eigenvalue weighted by Gasteiger charge is -2.22. The fourth-order valence-corrected chi connectivity index (χ4v) is 4.93. The zero-order valence-electron chi connectivity index (χ0n) is 23.4. The van der Waals surface area contributed by atoms with Crippen LogP contribution in [0, 0.1) is 6.92 Å². The number of halogens is 6. The number of anilines is 1. The van der Waals surface area contributed by atoms with E-state index in [0.717, 1.165) is 17.5 Å². The van der Waals surface area contributed by atoms with E-state index in [-0.39, 0.29) is 40.3 Å². The summed E-state index contributed by atoms with van der Waals surface area (Å²) in [5, 5.41) is 7.72. The molecule has 4 aromatic rings. The number of nitrogens with zero attached hydrogens (tertiary/aromatic N) is 5. The molecule has 0 amide bonds. The van der Waals surface area contributed by atoms with Gasteiger partial charge in [0.05, 0.1) is 30.6 Å². The first-order valence-corrected chi connectivity index (χ1v) is 13.4. The second-order valence-electron chi connectivity index (χ2n) is 9.19. The summed E-state index contributed by atoms with van der Waals surface area (Å²) in [4.78, 5) is 8.62. The zero-order chi connectivity index (χ0) is 31.5. The summed E-state index contributed by atoms with van der Waals surface area (Å²) in [6.07, 6.45) is -7.45. The Morgan fingerprint density at radius 2 is 1.42 bits per heavy atom. The first kappa shape index (κ1) is 31.9. The zero-order valence-corrected chi connectivity index (χ0v) is 24.2. The number of hydrogen-bond donors (Lipinski definition) is 1. The molecule has 0 aliphatic carbocycles. The number of benzene rings is 2. The maximum Gasteiger partial charge on any atom is 0.416 e. The molecule has 2 aromatic carbocycles. The van der Waals surface area contributed by atoms with E-state index in [1.54, 1.807) is 30.6 Å². The van der Waals surface area contributed by atoms with Crippen molar-refractivity contribution in [2.75, 3.05) is 26.1 Å². The van der Waals surface area contributed by atoms with Gasteiger partial charge in [0.15, 0.2) is 11.6 Å². The number of nitrogens with one attached hydrogen (secondary N) is 1. The number of rotatable bonds is 10. The van der Waals surface area contributed by atoms with E-state index in [1.807, 2.05) is 13.8 Å². The lowest BCUT2D eigenvalue weighted by molar-refractivity contribution is -0.143. The number of ether oxygens (including phenoxy) is 3. The third-order valence-corrected chi connectivity index (χ3v) is 7.13. The van der Waals surface area contributed by atoms with Crippen molar-refractivity contribution in [3.63, 3.8) is 0 Å². The van der Waals surface area contributed by atoms with Gasteiger partial charge in [-0.15, -0.1) is 10.2 Å². The van der Waals surface area contributed by atoms with Crippen molar-refractivity contribution in [2.45, 2.75) is 37.6 Å². The molecule has 2 atom stereocenters. The monoisotopic (exact) mass is 628 g/mol. The standard InChI is InChI=1S/C27H26F6N6O3S/c1-14-12-34-23(35-13-14)22(42-5)15(2)43-38-25-37-36-24(39(25)21-19(40-3)7-6-8-20(21)41-4)16-9-17(26(28,29)30)11-18(10-16)27(31,32)33/h6-13,15,22H,1-5H3,(H,37,38). The highest BCUT2D eigenvalue weighted by atomic mass is 32.2. The molecule has 2 aromatic heterocycles. The summed E-state index contributed by atoms with van der Waals surface area (Å²) in [6, 6.07) is 5.89. The molecule has 9 nitrogen and oxygen atoms in total. The van der Waals surface area contributed by atoms with Crippen LogP contribution < -0.4 is 14.2 Å². The summed E-state index contributed by atoms with van der Waals surface area (Å²) in [5.74, 6) is 0.410. The van der Waals surface area contributed by atoms with Crippen LogP contribution in [0.4, 0.5) is 32.3 Å². The van der Waals surface area contributed by atoms with Crippen LogP contribution in [0.15, 0.2) is 48.8 Å². The second kappa shape index (κ2) is 12.7. The Balaban J connectivity index is 1.86. The molecule has 0 saturated carbocycles. The average Bonchev–Trinajstić information content (AvgIpc) is 3.39. The molecule has 1 N–H and O–H groups in total. The van der Waals surface area contributed by atoms with E-state index >= 15 is 0 Å². The van der Waals surface area contributed by atoms with Crippen LogP contribution in [0.3, 0.4) is 0 Å². The van der Waals surface area contributed by atoms with Gasteiger partial charge in [-0.3, -0.25) is 9.29 Å². The fourth-order valence-electron chi connectivity index (χ4n) is 4.15. The summed E-state index contributed by atoms with van der Waals surface area (Å²) in [5.41, 5.74) is -2.50. The van der Waals surface area contributed by atoms with Gasteiger partial charge in [0.1, 0.15) is 23.3 Å². The van der Waals surface area contributed by atoms with Crippen molar-refractivity contribution < 1.29 is 40.6 Å². The molecule has 2 unspecified atom stereocenters. The highest BCUT2D eigenvalue weighted by molar-refractivity contribution is 8.01. The van der Waals surface area contributed by atoms with Gasteiger partial charge in [-0.1, -0.05) is 6.07 Å². The summed E-state index contributed by atoms with van der Waals surface area (Å²) in [6.45, 7) is 3.65. The first-order chi connectivity index (χ1) is 20.3. The van der Waals surface area contributed by atoms with Crippen LogP contribution in [0.5, 0.6) is 11.5 Å². The smallest absolute Gasteiger partial charge is 0.416 e. The molecular formula is C27H26F6N6O3S. The van der Waals surface area contributed by atoms with Crippen LogP contribution in [-0.2, 0) is 17.1 Å². The van der Waals surface area contributed by atoms with Gasteiger partial charge in [0, 0.05) is 25.1 Å². The second-order valence-corrected chi connectivity index (χ2v) is 10.4. The van der Waals surface area contributed by atoms with Crippen LogP contribution in [0.2, 0.25) is 0 Å². The Morgan fingerprint density at radius 3 is 1.91 bits per heavy atom. The van der Waals surface area contributed by atoms with Gasteiger partial charge < -0.3 is 14.2 Å². The van der Waals surface area contributed by atoms with Gasteiger partial charge in [-0.2, -0.15) is 26.3 Å². The molecule has 0 radical (unpaired) electrons. The molecular weight excluding hydrogens is 602 g/mol. The minimum absolute atomic E-state index is 0.0414. The van der Waals surface area contributed by atoms with E-state index < -0.39 is 35.1 Å². The maximum atomic E-state index is 13.7. The molecule has 43 heavy (non-hydrogen) atoms. The molecule has 16 heteroatoms. The van der Waals surface area contributed by atoms with E-state index in [9.17, 15) is 26.3 Å². The fraction of sp³-hybridized carbons (Fsp3) is 0.333. The van der Waals surface area contributed by atoms with E-state index in [0.29, 0.717) is 18.0 Å².